The van der Waals surface area contributed by atoms with Gasteiger partial charge in [-0.05, 0) is 42.9 Å². The maximum Gasteiger partial charge on any atom is 0.0613 e. The molecule has 100 valence electrons. The molecule has 1 N–H and O–H groups in total. The highest BCUT2D eigenvalue weighted by atomic mass is 16.5. The highest BCUT2D eigenvalue weighted by molar-refractivity contribution is 4.92. The molecule has 1 saturated heterocycles. The second-order valence-corrected chi connectivity index (χ2v) is 6.93. The Morgan fingerprint density at radius 3 is 2.65 bits per heavy atom. The molecule has 0 aromatic heterocycles. The average molecular weight is 239 g/mol. The summed E-state index contributed by atoms with van der Waals surface area (Å²) in [6.07, 6.45) is 5.61. The van der Waals surface area contributed by atoms with Gasteiger partial charge in [-0.2, -0.15) is 0 Å². The van der Waals surface area contributed by atoms with E-state index in [0.29, 0.717) is 11.5 Å². The molecule has 0 aromatic carbocycles. The molecular weight excluding hydrogens is 210 g/mol. The van der Waals surface area contributed by atoms with E-state index in [0.717, 1.165) is 37.5 Å². The molecular formula is C15H29NO. The fourth-order valence-electron chi connectivity index (χ4n) is 3.85. The van der Waals surface area contributed by atoms with E-state index < -0.39 is 0 Å². The SMILES string of the molecule is CCC1OCCC1CNC1CC(C)(C)CC1C. The first kappa shape index (κ1) is 13.4. The van der Waals surface area contributed by atoms with Gasteiger partial charge >= 0.3 is 0 Å². The molecule has 1 aliphatic carbocycles. The third kappa shape index (κ3) is 3.23. The number of hydrogen-bond acceptors (Lipinski definition) is 2. The zero-order valence-corrected chi connectivity index (χ0v) is 12.0. The lowest BCUT2D eigenvalue weighted by Gasteiger charge is -2.23. The van der Waals surface area contributed by atoms with Gasteiger partial charge in [0.2, 0.25) is 0 Å². The molecule has 2 nitrogen and oxygen atoms in total. The predicted octanol–water partition coefficient (Wildman–Crippen LogP) is 3.22. The zero-order valence-electron chi connectivity index (χ0n) is 12.0. The Labute approximate surface area is 107 Å². The Hall–Kier alpha value is -0.0800. The lowest BCUT2D eigenvalue weighted by molar-refractivity contribution is 0.0862. The summed E-state index contributed by atoms with van der Waals surface area (Å²) >= 11 is 0. The van der Waals surface area contributed by atoms with Crippen LogP contribution in [0.5, 0.6) is 0 Å². The van der Waals surface area contributed by atoms with Crippen molar-refractivity contribution in [3.8, 4) is 0 Å². The van der Waals surface area contributed by atoms with Crippen molar-refractivity contribution in [2.75, 3.05) is 13.2 Å². The van der Waals surface area contributed by atoms with Gasteiger partial charge < -0.3 is 10.1 Å². The molecule has 1 saturated carbocycles. The minimum Gasteiger partial charge on any atom is -0.378 e. The lowest BCUT2D eigenvalue weighted by Crippen LogP contribution is -2.37. The molecule has 1 heterocycles. The fraction of sp³-hybridized carbons (Fsp3) is 1.00. The number of ether oxygens (including phenoxy) is 1. The second-order valence-electron chi connectivity index (χ2n) is 6.93. The molecule has 2 aliphatic rings. The number of nitrogens with one attached hydrogen (secondary N) is 1. The van der Waals surface area contributed by atoms with Crippen LogP contribution in [0.25, 0.3) is 0 Å². The third-order valence-electron chi connectivity index (χ3n) is 4.72. The largest absolute Gasteiger partial charge is 0.378 e. The van der Waals surface area contributed by atoms with Gasteiger partial charge in [-0.3, -0.25) is 0 Å². The van der Waals surface area contributed by atoms with Crippen molar-refractivity contribution >= 4 is 0 Å². The molecule has 0 radical (unpaired) electrons. The summed E-state index contributed by atoms with van der Waals surface area (Å²) in [5, 5.41) is 3.81. The van der Waals surface area contributed by atoms with Crippen LogP contribution in [0, 0.1) is 17.3 Å². The molecule has 4 unspecified atom stereocenters. The molecule has 0 amide bonds. The molecule has 0 spiro atoms. The first-order chi connectivity index (χ1) is 8.02. The lowest BCUT2D eigenvalue weighted by atomic mass is 9.91. The van der Waals surface area contributed by atoms with Crippen molar-refractivity contribution in [3.63, 3.8) is 0 Å². The van der Waals surface area contributed by atoms with Gasteiger partial charge in [0.25, 0.3) is 0 Å². The Kier molecular flexibility index (Phi) is 4.14. The molecule has 0 bridgehead atoms. The Morgan fingerprint density at radius 1 is 1.29 bits per heavy atom. The van der Waals surface area contributed by atoms with Crippen molar-refractivity contribution < 1.29 is 4.74 Å². The molecule has 1 aliphatic heterocycles. The van der Waals surface area contributed by atoms with Crippen LogP contribution in [-0.4, -0.2) is 25.3 Å². The minimum absolute atomic E-state index is 0.507. The van der Waals surface area contributed by atoms with E-state index in [1.54, 1.807) is 0 Å². The Morgan fingerprint density at radius 2 is 2.06 bits per heavy atom. The van der Waals surface area contributed by atoms with Crippen LogP contribution in [0.15, 0.2) is 0 Å². The first-order valence-electron chi connectivity index (χ1n) is 7.37. The van der Waals surface area contributed by atoms with Crippen molar-refractivity contribution in [3.05, 3.63) is 0 Å². The highest BCUT2D eigenvalue weighted by Gasteiger charge is 2.37. The fourth-order valence-corrected chi connectivity index (χ4v) is 3.85. The summed E-state index contributed by atoms with van der Waals surface area (Å²) in [6.45, 7) is 11.6. The van der Waals surface area contributed by atoms with Crippen molar-refractivity contribution in [2.45, 2.75) is 65.5 Å². The van der Waals surface area contributed by atoms with Crippen LogP contribution in [0.1, 0.15) is 53.4 Å². The average Bonchev–Trinajstić information content (AvgIpc) is 2.79. The van der Waals surface area contributed by atoms with Crippen LogP contribution < -0.4 is 5.32 Å². The van der Waals surface area contributed by atoms with Gasteiger partial charge in [0.15, 0.2) is 0 Å². The first-order valence-corrected chi connectivity index (χ1v) is 7.37. The normalized spacial score (nSPS) is 40.9. The zero-order chi connectivity index (χ0) is 12.5. The molecule has 0 aromatic rings. The predicted molar refractivity (Wildman–Crippen MR) is 72.1 cm³/mol. The van der Waals surface area contributed by atoms with Crippen LogP contribution in [0.4, 0.5) is 0 Å². The van der Waals surface area contributed by atoms with Crippen LogP contribution in [-0.2, 0) is 4.74 Å². The minimum atomic E-state index is 0.507. The summed E-state index contributed by atoms with van der Waals surface area (Å²) in [5.74, 6) is 1.57. The van der Waals surface area contributed by atoms with Gasteiger partial charge in [-0.25, -0.2) is 0 Å². The summed E-state index contributed by atoms with van der Waals surface area (Å²) in [7, 11) is 0. The van der Waals surface area contributed by atoms with Crippen molar-refractivity contribution in [2.24, 2.45) is 17.3 Å². The van der Waals surface area contributed by atoms with E-state index in [9.17, 15) is 0 Å². The van der Waals surface area contributed by atoms with Crippen LogP contribution >= 0.6 is 0 Å². The summed E-state index contributed by atoms with van der Waals surface area (Å²) < 4.78 is 5.76. The standard InChI is InChI=1S/C15H29NO/c1-5-14-12(6-7-17-14)10-16-13-9-15(3,4)8-11(13)2/h11-14,16H,5-10H2,1-4H3. The van der Waals surface area contributed by atoms with Crippen LogP contribution in [0.3, 0.4) is 0 Å². The maximum absolute atomic E-state index is 5.76. The molecule has 2 fully saturated rings. The van der Waals surface area contributed by atoms with E-state index in [1.165, 1.54) is 19.3 Å². The monoisotopic (exact) mass is 239 g/mol. The maximum atomic E-state index is 5.76. The van der Waals surface area contributed by atoms with Crippen LogP contribution in [0.2, 0.25) is 0 Å². The van der Waals surface area contributed by atoms with Crippen molar-refractivity contribution in [1.82, 2.24) is 5.32 Å². The summed E-state index contributed by atoms with van der Waals surface area (Å²) in [4.78, 5) is 0. The summed E-state index contributed by atoms with van der Waals surface area (Å²) in [6, 6.07) is 0.725. The van der Waals surface area contributed by atoms with Gasteiger partial charge in [0, 0.05) is 19.2 Å². The molecule has 2 heteroatoms. The van der Waals surface area contributed by atoms with E-state index in [-0.39, 0.29) is 0 Å². The molecule has 17 heavy (non-hydrogen) atoms. The van der Waals surface area contributed by atoms with E-state index in [1.807, 2.05) is 0 Å². The molecule has 2 rings (SSSR count). The van der Waals surface area contributed by atoms with Gasteiger partial charge in [-0.1, -0.05) is 27.7 Å². The Bertz CT molecular complexity index is 251. The summed E-state index contributed by atoms with van der Waals surface area (Å²) in [5.41, 5.74) is 0.535. The quantitative estimate of drug-likeness (QED) is 0.813. The van der Waals surface area contributed by atoms with Gasteiger partial charge in [0.05, 0.1) is 6.10 Å². The van der Waals surface area contributed by atoms with E-state index in [2.05, 4.69) is 33.0 Å². The van der Waals surface area contributed by atoms with E-state index in [4.69, 9.17) is 4.74 Å². The van der Waals surface area contributed by atoms with Gasteiger partial charge in [-0.15, -0.1) is 0 Å². The smallest absolute Gasteiger partial charge is 0.0613 e. The number of hydrogen-bond donors (Lipinski definition) is 1. The van der Waals surface area contributed by atoms with Gasteiger partial charge in [0.1, 0.15) is 0 Å². The molecule has 4 atom stereocenters. The van der Waals surface area contributed by atoms with Crippen molar-refractivity contribution in [1.29, 1.82) is 0 Å². The Balaban J connectivity index is 1.78. The highest BCUT2D eigenvalue weighted by Crippen LogP contribution is 2.41. The van der Waals surface area contributed by atoms with E-state index >= 15 is 0 Å². The third-order valence-corrected chi connectivity index (χ3v) is 4.72. The second kappa shape index (κ2) is 5.27. The number of rotatable bonds is 4. The topological polar surface area (TPSA) is 21.3 Å².